The van der Waals surface area contributed by atoms with E-state index in [0.717, 1.165) is 43.0 Å². The number of anilines is 2. The summed E-state index contributed by atoms with van der Waals surface area (Å²) in [5.74, 6) is 0.568. The Bertz CT molecular complexity index is 935. The molecule has 7 heteroatoms. The molecule has 1 fully saturated rings. The van der Waals surface area contributed by atoms with Gasteiger partial charge in [-0.3, -0.25) is 14.6 Å². The van der Waals surface area contributed by atoms with Crippen LogP contribution in [0.1, 0.15) is 40.4 Å². The number of aromatic nitrogens is 4. The van der Waals surface area contributed by atoms with Gasteiger partial charge in [-0.25, -0.2) is 0 Å². The van der Waals surface area contributed by atoms with Crippen molar-refractivity contribution in [2.45, 2.75) is 25.7 Å². The van der Waals surface area contributed by atoms with E-state index in [0.29, 0.717) is 11.5 Å². The third-order valence-corrected chi connectivity index (χ3v) is 5.19. The highest BCUT2D eigenvalue weighted by Crippen LogP contribution is 2.30. The van der Waals surface area contributed by atoms with Gasteiger partial charge in [-0.1, -0.05) is 6.07 Å². The summed E-state index contributed by atoms with van der Waals surface area (Å²) >= 11 is 0. The summed E-state index contributed by atoms with van der Waals surface area (Å²) in [6.45, 7) is 3.60. The lowest BCUT2D eigenvalue weighted by Crippen LogP contribution is -2.38. The normalized spacial score (nSPS) is 15.1. The first-order valence-electron chi connectivity index (χ1n) is 9.25. The average Bonchev–Trinajstić information content (AvgIpc) is 3.29. The third kappa shape index (κ3) is 3.72. The first-order valence-corrected chi connectivity index (χ1v) is 9.25. The molecule has 0 unspecified atom stereocenters. The molecule has 2 N–H and O–H groups in total. The maximum absolute atomic E-state index is 12.9. The molecule has 0 aliphatic carbocycles. The maximum atomic E-state index is 12.9. The van der Waals surface area contributed by atoms with Crippen LogP contribution in [0.2, 0.25) is 0 Å². The predicted molar refractivity (Wildman–Crippen MR) is 104 cm³/mol. The topological polar surface area (TPSA) is 78.8 Å². The summed E-state index contributed by atoms with van der Waals surface area (Å²) in [5, 5.41) is 14.6. The van der Waals surface area contributed by atoms with E-state index in [2.05, 4.69) is 27.5 Å². The van der Waals surface area contributed by atoms with Crippen LogP contribution >= 0.6 is 0 Å². The fourth-order valence-electron chi connectivity index (χ4n) is 3.73. The SMILES string of the molecule is Cc1[nH]ncc1C1CCN(C(=O)c2cccc(Nc3cnn(C)c3)c2)CC1. The van der Waals surface area contributed by atoms with Crippen molar-refractivity contribution in [1.29, 1.82) is 0 Å². The zero-order valence-electron chi connectivity index (χ0n) is 15.6. The number of carbonyl (C=O) groups is 1. The zero-order chi connectivity index (χ0) is 18.8. The van der Waals surface area contributed by atoms with Gasteiger partial charge in [0.05, 0.1) is 18.1 Å². The van der Waals surface area contributed by atoms with Crippen LogP contribution in [0.15, 0.2) is 42.9 Å². The Kier molecular flexibility index (Phi) is 4.66. The van der Waals surface area contributed by atoms with Gasteiger partial charge in [0.25, 0.3) is 5.91 Å². The first-order chi connectivity index (χ1) is 13.1. The highest BCUT2D eigenvalue weighted by Gasteiger charge is 2.26. The molecule has 3 aromatic rings. The van der Waals surface area contributed by atoms with Crippen molar-refractivity contribution in [2.75, 3.05) is 18.4 Å². The van der Waals surface area contributed by atoms with Crippen LogP contribution in [-0.2, 0) is 7.05 Å². The molecule has 1 amide bonds. The number of hydrogen-bond acceptors (Lipinski definition) is 4. The molecule has 0 atom stereocenters. The lowest BCUT2D eigenvalue weighted by Gasteiger charge is -2.32. The number of amides is 1. The van der Waals surface area contributed by atoms with Gasteiger partial charge in [0, 0.05) is 43.3 Å². The van der Waals surface area contributed by atoms with Crippen molar-refractivity contribution in [3.63, 3.8) is 0 Å². The Morgan fingerprint density at radius 3 is 2.70 bits per heavy atom. The Morgan fingerprint density at radius 1 is 1.22 bits per heavy atom. The van der Waals surface area contributed by atoms with Gasteiger partial charge in [0.2, 0.25) is 0 Å². The molecule has 27 heavy (non-hydrogen) atoms. The summed E-state index contributed by atoms with van der Waals surface area (Å²) < 4.78 is 1.74. The number of H-pyrrole nitrogens is 1. The molecule has 0 saturated carbocycles. The standard InChI is InChI=1S/C20H24N6O/c1-14-19(12-21-24-14)15-6-8-26(9-7-15)20(27)16-4-3-5-17(10-16)23-18-11-22-25(2)13-18/h3-5,10-13,15,23H,6-9H2,1-2H3,(H,21,24). The number of aromatic amines is 1. The Labute approximate surface area is 158 Å². The van der Waals surface area contributed by atoms with E-state index in [1.165, 1.54) is 5.56 Å². The molecule has 0 bridgehead atoms. The maximum Gasteiger partial charge on any atom is 0.253 e. The fraction of sp³-hybridized carbons (Fsp3) is 0.350. The van der Waals surface area contributed by atoms with Crippen molar-refractivity contribution < 1.29 is 4.79 Å². The molecular weight excluding hydrogens is 340 g/mol. The molecule has 3 heterocycles. The van der Waals surface area contributed by atoms with E-state index in [1.54, 1.807) is 10.9 Å². The summed E-state index contributed by atoms with van der Waals surface area (Å²) in [4.78, 5) is 14.9. The second-order valence-corrected chi connectivity index (χ2v) is 7.13. The molecule has 0 spiro atoms. The Balaban J connectivity index is 1.41. The van der Waals surface area contributed by atoms with Gasteiger partial charge in [0.1, 0.15) is 0 Å². The monoisotopic (exact) mass is 364 g/mol. The van der Waals surface area contributed by atoms with E-state index in [9.17, 15) is 4.79 Å². The van der Waals surface area contributed by atoms with Gasteiger partial charge < -0.3 is 10.2 Å². The van der Waals surface area contributed by atoms with Crippen molar-refractivity contribution in [1.82, 2.24) is 24.9 Å². The third-order valence-electron chi connectivity index (χ3n) is 5.19. The number of benzene rings is 1. The molecule has 2 aromatic heterocycles. The van der Waals surface area contributed by atoms with E-state index >= 15 is 0 Å². The summed E-state index contributed by atoms with van der Waals surface area (Å²) in [7, 11) is 1.87. The minimum absolute atomic E-state index is 0.0900. The van der Waals surface area contributed by atoms with Gasteiger partial charge in [-0.05, 0) is 49.4 Å². The molecule has 0 radical (unpaired) electrons. The first kappa shape index (κ1) is 17.3. The second kappa shape index (κ2) is 7.26. The highest BCUT2D eigenvalue weighted by molar-refractivity contribution is 5.95. The average molecular weight is 364 g/mol. The minimum Gasteiger partial charge on any atom is -0.353 e. The lowest BCUT2D eigenvalue weighted by atomic mass is 9.89. The van der Waals surface area contributed by atoms with E-state index < -0.39 is 0 Å². The van der Waals surface area contributed by atoms with Crippen LogP contribution < -0.4 is 5.32 Å². The van der Waals surface area contributed by atoms with Crippen LogP contribution in [0.5, 0.6) is 0 Å². The minimum atomic E-state index is 0.0900. The predicted octanol–water partition coefficient (Wildman–Crippen LogP) is 3.22. The zero-order valence-corrected chi connectivity index (χ0v) is 15.6. The van der Waals surface area contributed by atoms with E-state index in [4.69, 9.17) is 0 Å². The molecular formula is C20H24N6O. The van der Waals surface area contributed by atoms with Gasteiger partial charge in [-0.2, -0.15) is 10.2 Å². The second-order valence-electron chi connectivity index (χ2n) is 7.13. The molecule has 1 saturated heterocycles. The summed E-state index contributed by atoms with van der Waals surface area (Å²) in [6, 6.07) is 7.65. The van der Waals surface area contributed by atoms with Crippen LogP contribution in [-0.4, -0.2) is 43.9 Å². The number of rotatable bonds is 4. The van der Waals surface area contributed by atoms with Crippen LogP contribution in [0.25, 0.3) is 0 Å². The fourth-order valence-corrected chi connectivity index (χ4v) is 3.73. The Hall–Kier alpha value is -3.09. The van der Waals surface area contributed by atoms with Gasteiger partial charge >= 0.3 is 0 Å². The lowest BCUT2D eigenvalue weighted by molar-refractivity contribution is 0.0713. The highest BCUT2D eigenvalue weighted by atomic mass is 16.2. The molecule has 1 aliphatic heterocycles. The summed E-state index contributed by atoms with van der Waals surface area (Å²) in [6.07, 6.45) is 7.53. The number of carbonyl (C=O) groups excluding carboxylic acids is 1. The number of nitrogens with zero attached hydrogens (tertiary/aromatic N) is 4. The summed E-state index contributed by atoms with van der Waals surface area (Å²) in [5.41, 5.74) is 4.91. The van der Waals surface area contributed by atoms with Crippen molar-refractivity contribution in [3.05, 3.63) is 59.7 Å². The molecule has 4 rings (SSSR count). The molecule has 140 valence electrons. The smallest absolute Gasteiger partial charge is 0.253 e. The molecule has 7 nitrogen and oxygen atoms in total. The molecule has 1 aliphatic rings. The van der Waals surface area contributed by atoms with E-state index in [1.807, 2.05) is 48.6 Å². The van der Waals surface area contributed by atoms with Crippen molar-refractivity contribution >= 4 is 17.3 Å². The van der Waals surface area contributed by atoms with Crippen LogP contribution in [0.4, 0.5) is 11.4 Å². The van der Waals surface area contributed by atoms with Crippen molar-refractivity contribution in [3.8, 4) is 0 Å². The van der Waals surface area contributed by atoms with Crippen molar-refractivity contribution in [2.24, 2.45) is 7.05 Å². The number of hydrogen-bond donors (Lipinski definition) is 2. The Morgan fingerprint density at radius 2 is 2.04 bits per heavy atom. The van der Waals surface area contributed by atoms with Gasteiger partial charge in [0.15, 0.2) is 0 Å². The largest absolute Gasteiger partial charge is 0.353 e. The quantitative estimate of drug-likeness (QED) is 0.745. The molecule has 1 aromatic carbocycles. The van der Waals surface area contributed by atoms with E-state index in [-0.39, 0.29) is 5.91 Å². The number of piperidine rings is 1. The number of aryl methyl sites for hydroxylation is 2. The van der Waals surface area contributed by atoms with Crippen LogP contribution in [0.3, 0.4) is 0 Å². The number of likely N-dealkylation sites (tertiary alicyclic amines) is 1. The van der Waals surface area contributed by atoms with Crippen LogP contribution in [0, 0.1) is 6.92 Å². The number of nitrogens with one attached hydrogen (secondary N) is 2. The van der Waals surface area contributed by atoms with Gasteiger partial charge in [-0.15, -0.1) is 0 Å².